The first-order valence-corrected chi connectivity index (χ1v) is 11.0. The lowest BCUT2D eigenvalue weighted by molar-refractivity contribution is 0.0628. The highest BCUT2D eigenvalue weighted by Gasteiger charge is 2.47. The number of hydrogen-bond acceptors (Lipinski definition) is 3. The topological polar surface area (TPSA) is 26.8 Å². The molecular formula is C25H31N3O. The van der Waals surface area contributed by atoms with Crippen LogP contribution >= 0.6 is 0 Å². The van der Waals surface area contributed by atoms with Gasteiger partial charge in [-0.15, -0.1) is 0 Å². The average molecular weight is 390 g/mol. The second-order valence-corrected chi connectivity index (χ2v) is 9.06. The largest absolute Gasteiger partial charge is 0.339 e. The lowest BCUT2D eigenvalue weighted by Crippen LogP contribution is -2.46. The summed E-state index contributed by atoms with van der Waals surface area (Å²) in [5.41, 5.74) is 2.28. The van der Waals surface area contributed by atoms with E-state index in [9.17, 15) is 4.79 Å². The maximum atomic E-state index is 12.7. The van der Waals surface area contributed by atoms with Crippen LogP contribution < -0.4 is 0 Å². The van der Waals surface area contributed by atoms with Gasteiger partial charge in [-0.25, -0.2) is 0 Å². The van der Waals surface area contributed by atoms with Gasteiger partial charge in [-0.3, -0.25) is 14.6 Å². The number of amides is 1. The Morgan fingerprint density at radius 1 is 0.862 bits per heavy atom. The van der Waals surface area contributed by atoms with Gasteiger partial charge in [-0.05, 0) is 49.4 Å². The van der Waals surface area contributed by atoms with Crippen LogP contribution in [0.1, 0.15) is 34.8 Å². The zero-order valence-corrected chi connectivity index (χ0v) is 17.3. The van der Waals surface area contributed by atoms with E-state index in [1.165, 1.54) is 25.2 Å². The van der Waals surface area contributed by atoms with E-state index in [0.717, 1.165) is 43.3 Å². The Kier molecular flexibility index (Phi) is 5.15. The molecule has 0 radical (unpaired) electrons. The van der Waals surface area contributed by atoms with Crippen molar-refractivity contribution >= 4 is 5.91 Å². The van der Waals surface area contributed by atoms with Gasteiger partial charge >= 0.3 is 0 Å². The van der Waals surface area contributed by atoms with E-state index in [0.29, 0.717) is 12.1 Å². The normalized spacial score (nSPS) is 28.6. The van der Waals surface area contributed by atoms with Crippen molar-refractivity contribution in [2.24, 2.45) is 11.8 Å². The predicted octanol–water partition coefficient (Wildman–Crippen LogP) is 3.53. The van der Waals surface area contributed by atoms with Gasteiger partial charge in [0.05, 0.1) is 0 Å². The van der Waals surface area contributed by atoms with Crippen LogP contribution in [-0.4, -0.2) is 66.4 Å². The first-order valence-electron chi connectivity index (χ1n) is 11.0. The molecule has 2 aromatic rings. The van der Waals surface area contributed by atoms with Crippen LogP contribution in [0.15, 0.2) is 60.7 Å². The van der Waals surface area contributed by atoms with Gasteiger partial charge in [0, 0.05) is 50.4 Å². The lowest BCUT2D eigenvalue weighted by atomic mass is 9.90. The third kappa shape index (κ3) is 3.60. The van der Waals surface area contributed by atoms with E-state index in [1.807, 2.05) is 35.2 Å². The molecule has 29 heavy (non-hydrogen) atoms. The van der Waals surface area contributed by atoms with Crippen LogP contribution in [0.25, 0.3) is 0 Å². The standard InChI is InChI=1S/C25H31N3O/c1-26-16-21-17-28(18-23(21)24(26)19-8-4-2-5-9-19)22-12-14-27(15-13-22)25(29)20-10-6-3-7-11-20/h2-11,21-24H,12-18H2,1H3/t21-,23+,24-/m0/s1. The summed E-state index contributed by atoms with van der Waals surface area (Å²) in [5, 5.41) is 0. The van der Waals surface area contributed by atoms with Crippen molar-refractivity contribution < 1.29 is 4.79 Å². The molecule has 3 atom stereocenters. The molecule has 0 aromatic heterocycles. The van der Waals surface area contributed by atoms with Gasteiger partial charge in [0.15, 0.2) is 0 Å². The SMILES string of the molecule is CN1C[C@H]2CN(C3CCN(C(=O)c4ccccc4)CC3)C[C@H]2[C@@H]1c1ccccc1. The maximum absolute atomic E-state index is 12.7. The van der Waals surface area contributed by atoms with Gasteiger partial charge in [0.25, 0.3) is 5.91 Å². The minimum Gasteiger partial charge on any atom is -0.339 e. The molecule has 4 heteroatoms. The van der Waals surface area contributed by atoms with Gasteiger partial charge < -0.3 is 4.90 Å². The minimum atomic E-state index is 0.188. The van der Waals surface area contributed by atoms with Crippen LogP contribution in [0.5, 0.6) is 0 Å². The molecule has 4 nitrogen and oxygen atoms in total. The van der Waals surface area contributed by atoms with E-state index in [4.69, 9.17) is 0 Å². The zero-order valence-electron chi connectivity index (χ0n) is 17.3. The van der Waals surface area contributed by atoms with Crippen LogP contribution in [0.3, 0.4) is 0 Å². The number of fused-ring (bicyclic) bond motifs is 1. The Hall–Kier alpha value is -2.17. The van der Waals surface area contributed by atoms with Crippen molar-refractivity contribution in [1.82, 2.24) is 14.7 Å². The number of hydrogen-bond donors (Lipinski definition) is 0. The first-order chi connectivity index (χ1) is 14.2. The van der Waals surface area contributed by atoms with Crippen LogP contribution in [0.4, 0.5) is 0 Å². The molecular weight excluding hydrogens is 358 g/mol. The molecule has 3 saturated heterocycles. The molecule has 3 aliphatic rings. The van der Waals surface area contributed by atoms with Crippen molar-refractivity contribution in [3.05, 3.63) is 71.8 Å². The molecule has 0 saturated carbocycles. The van der Waals surface area contributed by atoms with Crippen molar-refractivity contribution in [3.63, 3.8) is 0 Å². The summed E-state index contributed by atoms with van der Waals surface area (Å²) in [6.07, 6.45) is 2.20. The van der Waals surface area contributed by atoms with Gasteiger partial charge in [0.2, 0.25) is 0 Å². The Morgan fingerprint density at radius 3 is 2.21 bits per heavy atom. The maximum Gasteiger partial charge on any atom is 0.253 e. The van der Waals surface area contributed by atoms with Crippen molar-refractivity contribution in [2.45, 2.75) is 24.9 Å². The summed E-state index contributed by atoms with van der Waals surface area (Å²) in [5.74, 6) is 1.69. The number of nitrogens with zero attached hydrogens (tertiary/aromatic N) is 3. The quantitative estimate of drug-likeness (QED) is 0.804. The minimum absolute atomic E-state index is 0.188. The Bertz CT molecular complexity index is 832. The monoisotopic (exact) mass is 389 g/mol. The van der Waals surface area contributed by atoms with Crippen molar-refractivity contribution in [2.75, 3.05) is 39.8 Å². The fraction of sp³-hybridized carbons (Fsp3) is 0.480. The molecule has 1 amide bonds. The number of carbonyl (C=O) groups excluding carboxylic acids is 1. The fourth-order valence-electron chi connectivity index (χ4n) is 5.94. The Labute approximate surface area is 174 Å². The summed E-state index contributed by atoms with van der Waals surface area (Å²) in [4.78, 5) is 20.1. The van der Waals surface area contributed by atoms with E-state index in [1.54, 1.807) is 0 Å². The summed E-state index contributed by atoms with van der Waals surface area (Å²) < 4.78 is 0. The lowest BCUT2D eigenvalue weighted by Gasteiger charge is -2.38. The second-order valence-electron chi connectivity index (χ2n) is 9.06. The number of carbonyl (C=O) groups is 1. The summed E-state index contributed by atoms with van der Waals surface area (Å²) in [7, 11) is 2.29. The van der Waals surface area contributed by atoms with Crippen molar-refractivity contribution in [1.29, 1.82) is 0 Å². The summed E-state index contributed by atoms with van der Waals surface area (Å²) in [6.45, 7) is 5.38. The molecule has 3 fully saturated rings. The van der Waals surface area contributed by atoms with E-state index in [2.05, 4.69) is 47.2 Å². The second kappa shape index (κ2) is 7.92. The third-order valence-electron chi connectivity index (χ3n) is 7.35. The Morgan fingerprint density at radius 2 is 1.52 bits per heavy atom. The van der Waals surface area contributed by atoms with Gasteiger partial charge in [0.1, 0.15) is 0 Å². The fourth-order valence-corrected chi connectivity index (χ4v) is 5.94. The highest BCUT2D eigenvalue weighted by molar-refractivity contribution is 5.94. The molecule has 0 bridgehead atoms. The third-order valence-corrected chi connectivity index (χ3v) is 7.35. The van der Waals surface area contributed by atoms with Crippen LogP contribution in [0.2, 0.25) is 0 Å². The number of rotatable bonds is 3. The van der Waals surface area contributed by atoms with Gasteiger partial charge in [-0.2, -0.15) is 0 Å². The average Bonchev–Trinajstić information content (AvgIpc) is 3.31. The molecule has 3 heterocycles. The smallest absolute Gasteiger partial charge is 0.253 e. The summed E-state index contributed by atoms with van der Waals surface area (Å²) in [6, 6.07) is 21.9. The van der Waals surface area contributed by atoms with Crippen molar-refractivity contribution in [3.8, 4) is 0 Å². The van der Waals surface area contributed by atoms with Crippen LogP contribution in [-0.2, 0) is 0 Å². The molecule has 0 unspecified atom stereocenters. The van der Waals surface area contributed by atoms with Crippen LogP contribution in [0, 0.1) is 11.8 Å². The molecule has 0 spiro atoms. The van der Waals surface area contributed by atoms with Gasteiger partial charge in [-0.1, -0.05) is 48.5 Å². The molecule has 2 aromatic carbocycles. The van der Waals surface area contributed by atoms with E-state index < -0.39 is 0 Å². The highest BCUT2D eigenvalue weighted by Crippen LogP contribution is 2.45. The predicted molar refractivity (Wildman–Crippen MR) is 116 cm³/mol. The molecule has 152 valence electrons. The van der Waals surface area contributed by atoms with E-state index in [-0.39, 0.29) is 5.91 Å². The molecule has 5 rings (SSSR count). The number of likely N-dealkylation sites (tertiary alicyclic amines) is 3. The molecule has 0 aliphatic carbocycles. The number of benzene rings is 2. The van der Waals surface area contributed by atoms with E-state index >= 15 is 0 Å². The first kappa shape index (κ1) is 18.8. The zero-order chi connectivity index (χ0) is 19.8. The Balaban J connectivity index is 1.21. The molecule has 3 aliphatic heterocycles. The summed E-state index contributed by atoms with van der Waals surface area (Å²) >= 11 is 0. The number of piperidine rings is 1. The highest BCUT2D eigenvalue weighted by atomic mass is 16.2. The molecule has 0 N–H and O–H groups in total.